The van der Waals surface area contributed by atoms with Gasteiger partial charge in [0.15, 0.2) is 14.1 Å². The molecule has 1 aromatic rings. The van der Waals surface area contributed by atoms with E-state index in [2.05, 4.69) is 96.9 Å². The van der Waals surface area contributed by atoms with Gasteiger partial charge in [-0.05, 0) is 80.2 Å². The molecular weight excluding hydrogens is 531 g/mol. The first kappa shape index (κ1) is 29.9. The summed E-state index contributed by atoms with van der Waals surface area (Å²) < 4.78 is 21.3. The number of nitrogens with two attached hydrogens (primary N) is 1. The van der Waals surface area contributed by atoms with Gasteiger partial charge in [-0.3, -0.25) is 10.3 Å². The maximum absolute atomic E-state index is 7.70. The topological polar surface area (TPSA) is 80.8 Å². The van der Waals surface area contributed by atoms with Crippen LogP contribution in [0.2, 0.25) is 36.3 Å². The molecule has 0 radical (unpaired) electrons. The lowest BCUT2D eigenvalue weighted by atomic mass is 9.53. The van der Waals surface area contributed by atoms with Crippen LogP contribution in [-0.2, 0) is 16.3 Å². The van der Waals surface area contributed by atoms with E-state index in [4.69, 9.17) is 24.7 Å². The molecule has 0 saturated carbocycles. The molecule has 2 aliphatic heterocycles. The lowest BCUT2D eigenvalue weighted by Crippen LogP contribution is -2.66. The lowest BCUT2D eigenvalue weighted by Gasteiger charge is -2.58. The SMILES string of the molecule is CC(C)(C)[Si](C)(C)Oc1ccc2c3c1O[C@H]1[C@@H](O[Si](C)(C)C(C)(C)C)C=C[C@H]4[C@@H](C2)N(CCCC(=N)N)CC[C@@]341. The number of nitrogens with one attached hydrogen (secondary N) is 1. The first-order chi connectivity index (χ1) is 18.4. The van der Waals surface area contributed by atoms with Crippen molar-refractivity contribution in [3.05, 3.63) is 35.4 Å². The molecule has 1 saturated heterocycles. The Labute approximate surface area is 244 Å². The largest absolute Gasteiger partial charge is 0.541 e. The third-order valence-corrected chi connectivity index (χ3v) is 20.1. The summed E-state index contributed by atoms with van der Waals surface area (Å²) in [6.45, 7) is 25.2. The average molecular weight is 584 g/mol. The molecule has 1 aromatic carbocycles. The number of likely N-dealkylation sites (tertiary alicyclic amines) is 1. The summed E-state index contributed by atoms with van der Waals surface area (Å²) in [6.07, 6.45) is 8.37. The normalized spacial score (nSPS) is 29.6. The number of hydrogen-bond donors (Lipinski definition) is 2. The standard InChI is InChI=1S/C32H53N3O3Si2/c1-30(2,3)39(7,8)37-24-15-13-21-20-23-22-14-16-25(38-40(9,10)31(4,5)6)29-32(22,27(21)28(24)36-29)17-19-35(23)18-11-12-26(33)34/h13-16,22-23,25,29H,11-12,17-20H2,1-10H3,(H3,33,34)/t22-,23+,25-,29-,32-/m0/s1. The molecular formula is C32H53N3O3Si2. The Kier molecular flexibility index (Phi) is 7.25. The van der Waals surface area contributed by atoms with E-state index < -0.39 is 16.6 Å². The molecule has 0 aromatic heterocycles. The third-order valence-electron chi connectivity index (χ3n) is 11.3. The smallest absolute Gasteiger partial charge is 0.250 e. The second-order valence-electron chi connectivity index (χ2n) is 15.8. The van der Waals surface area contributed by atoms with Gasteiger partial charge in [0.2, 0.25) is 0 Å². The zero-order valence-electron chi connectivity index (χ0n) is 26.6. The van der Waals surface area contributed by atoms with Gasteiger partial charge in [-0.15, -0.1) is 0 Å². The van der Waals surface area contributed by atoms with E-state index in [0.29, 0.717) is 18.4 Å². The first-order valence-corrected chi connectivity index (χ1v) is 21.2. The molecule has 8 heteroatoms. The van der Waals surface area contributed by atoms with Crippen LogP contribution in [0.1, 0.15) is 71.9 Å². The molecule has 0 unspecified atom stereocenters. The number of ether oxygens (including phenoxy) is 1. The van der Waals surface area contributed by atoms with Gasteiger partial charge in [0, 0.05) is 29.4 Å². The Morgan fingerprint density at radius 2 is 1.75 bits per heavy atom. The van der Waals surface area contributed by atoms with E-state index in [1.165, 1.54) is 11.1 Å². The first-order valence-electron chi connectivity index (χ1n) is 15.3. The van der Waals surface area contributed by atoms with E-state index >= 15 is 0 Å². The van der Waals surface area contributed by atoms with Crippen LogP contribution < -0.4 is 14.9 Å². The van der Waals surface area contributed by atoms with Crippen molar-refractivity contribution in [1.82, 2.24) is 4.90 Å². The van der Waals surface area contributed by atoms with E-state index in [1.807, 2.05) is 0 Å². The number of hydrogen-bond acceptors (Lipinski definition) is 5. The maximum Gasteiger partial charge on any atom is 0.250 e. The Hall–Kier alpha value is -1.62. The molecule has 5 atom stereocenters. The van der Waals surface area contributed by atoms with Crippen molar-refractivity contribution in [2.45, 2.75) is 127 Å². The van der Waals surface area contributed by atoms with Crippen molar-refractivity contribution < 1.29 is 13.6 Å². The highest BCUT2D eigenvalue weighted by molar-refractivity contribution is 6.75. The van der Waals surface area contributed by atoms with Crippen LogP contribution in [-0.4, -0.2) is 58.7 Å². The van der Waals surface area contributed by atoms with Crippen LogP contribution in [0.15, 0.2) is 24.3 Å². The van der Waals surface area contributed by atoms with Crippen LogP contribution in [0.3, 0.4) is 0 Å². The minimum atomic E-state index is -2.06. The Balaban J connectivity index is 1.58. The van der Waals surface area contributed by atoms with Crippen molar-refractivity contribution >= 4 is 22.5 Å². The Morgan fingerprint density at radius 3 is 2.38 bits per heavy atom. The monoisotopic (exact) mass is 583 g/mol. The maximum atomic E-state index is 7.70. The van der Waals surface area contributed by atoms with Crippen molar-refractivity contribution in [2.24, 2.45) is 11.7 Å². The predicted molar refractivity (Wildman–Crippen MR) is 170 cm³/mol. The second kappa shape index (κ2) is 9.71. The summed E-state index contributed by atoms with van der Waals surface area (Å²) in [6, 6.07) is 4.94. The van der Waals surface area contributed by atoms with Gasteiger partial charge in [0.05, 0.1) is 5.84 Å². The van der Waals surface area contributed by atoms with Crippen molar-refractivity contribution in [2.75, 3.05) is 13.1 Å². The predicted octanol–water partition coefficient (Wildman–Crippen LogP) is 6.99. The summed E-state index contributed by atoms with van der Waals surface area (Å²) in [5.74, 6) is 2.59. The Morgan fingerprint density at radius 1 is 1.07 bits per heavy atom. The molecule has 4 aliphatic rings. The molecule has 2 heterocycles. The number of benzene rings is 1. The quantitative estimate of drug-likeness (QED) is 0.149. The van der Waals surface area contributed by atoms with E-state index in [9.17, 15) is 0 Å². The zero-order chi connectivity index (χ0) is 29.5. The van der Waals surface area contributed by atoms with E-state index in [-0.39, 0.29) is 33.5 Å². The van der Waals surface area contributed by atoms with Gasteiger partial charge >= 0.3 is 0 Å². The second-order valence-corrected chi connectivity index (χ2v) is 25.3. The third kappa shape index (κ3) is 4.71. The molecule has 222 valence electrons. The molecule has 1 fully saturated rings. The summed E-state index contributed by atoms with van der Waals surface area (Å²) in [5.41, 5.74) is 8.43. The zero-order valence-corrected chi connectivity index (χ0v) is 28.6. The number of amidine groups is 1. The van der Waals surface area contributed by atoms with Crippen LogP contribution in [0.5, 0.6) is 11.5 Å². The number of rotatable bonds is 8. The van der Waals surface area contributed by atoms with Gasteiger partial charge in [-0.2, -0.15) is 0 Å². The molecule has 0 amide bonds. The fourth-order valence-electron chi connectivity index (χ4n) is 6.98. The molecule has 40 heavy (non-hydrogen) atoms. The van der Waals surface area contributed by atoms with Crippen LogP contribution in [0.25, 0.3) is 0 Å². The van der Waals surface area contributed by atoms with Gasteiger partial charge in [0.1, 0.15) is 18.0 Å². The fourth-order valence-corrected chi connectivity index (χ4v) is 9.23. The van der Waals surface area contributed by atoms with E-state index in [0.717, 1.165) is 43.9 Å². The summed E-state index contributed by atoms with van der Waals surface area (Å²) in [4.78, 5) is 2.66. The minimum absolute atomic E-state index is 0.0447. The number of nitrogens with zero attached hydrogens (tertiary/aromatic N) is 1. The molecule has 1 spiro atoms. The molecule has 2 bridgehead atoms. The fraction of sp³-hybridized carbons (Fsp3) is 0.719. The van der Waals surface area contributed by atoms with Crippen molar-refractivity contribution in [1.29, 1.82) is 5.41 Å². The van der Waals surface area contributed by atoms with Crippen molar-refractivity contribution in [3.8, 4) is 11.5 Å². The molecule has 2 aliphatic carbocycles. The summed E-state index contributed by atoms with van der Waals surface area (Å²) in [7, 11) is -4.09. The van der Waals surface area contributed by atoms with Gasteiger partial charge in [-0.1, -0.05) is 59.8 Å². The Bertz CT molecular complexity index is 1200. The molecule has 3 N–H and O–H groups in total. The van der Waals surface area contributed by atoms with Crippen LogP contribution in [0.4, 0.5) is 0 Å². The van der Waals surface area contributed by atoms with Crippen LogP contribution >= 0.6 is 0 Å². The van der Waals surface area contributed by atoms with Gasteiger partial charge < -0.3 is 19.3 Å². The molecule has 6 nitrogen and oxygen atoms in total. The highest BCUT2D eigenvalue weighted by atomic mass is 28.4. The van der Waals surface area contributed by atoms with Gasteiger partial charge in [0.25, 0.3) is 8.32 Å². The number of piperidine rings is 1. The van der Waals surface area contributed by atoms with Crippen LogP contribution in [0, 0.1) is 11.3 Å². The average Bonchev–Trinajstić information content (AvgIpc) is 3.16. The summed E-state index contributed by atoms with van der Waals surface area (Å²) >= 11 is 0. The molecule has 5 rings (SSSR count). The lowest BCUT2D eigenvalue weighted by molar-refractivity contribution is -0.0481. The van der Waals surface area contributed by atoms with Gasteiger partial charge in [-0.25, -0.2) is 0 Å². The minimum Gasteiger partial charge on any atom is -0.541 e. The summed E-state index contributed by atoms with van der Waals surface area (Å²) in [5, 5.41) is 7.92. The highest BCUT2D eigenvalue weighted by Crippen LogP contribution is 2.63. The highest BCUT2D eigenvalue weighted by Gasteiger charge is 2.65. The van der Waals surface area contributed by atoms with E-state index in [1.54, 1.807) is 0 Å². The van der Waals surface area contributed by atoms with Crippen molar-refractivity contribution in [3.63, 3.8) is 0 Å².